The Bertz CT molecular complexity index is 588. The Kier molecular flexibility index (Phi) is 4.04. The lowest BCUT2D eigenvalue weighted by atomic mass is 10.1. The van der Waals surface area contributed by atoms with E-state index >= 15 is 0 Å². The lowest BCUT2D eigenvalue weighted by Crippen LogP contribution is -2.22. The van der Waals surface area contributed by atoms with Crippen molar-refractivity contribution in [2.45, 2.75) is 31.6 Å². The van der Waals surface area contributed by atoms with Crippen molar-refractivity contribution in [3.63, 3.8) is 0 Å². The Hall–Kier alpha value is -1.33. The average Bonchev–Trinajstić information content (AvgIpc) is 3.13. The minimum atomic E-state index is -4.28. The van der Waals surface area contributed by atoms with E-state index in [0.717, 1.165) is 6.07 Å². The van der Waals surface area contributed by atoms with Crippen LogP contribution in [0.15, 0.2) is 41.8 Å². The third-order valence-electron chi connectivity index (χ3n) is 3.72. The SMILES string of the molecule is FC(F)(F)c1cccc(CNC(c2cccs2)C2CC2)c1. The van der Waals surface area contributed by atoms with E-state index in [0.29, 0.717) is 18.0 Å². The van der Waals surface area contributed by atoms with Gasteiger partial charge in [0.15, 0.2) is 0 Å². The monoisotopic (exact) mass is 311 g/mol. The van der Waals surface area contributed by atoms with Crippen LogP contribution in [0.2, 0.25) is 0 Å². The van der Waals surface area contributed by atoms with Gasteiger partial charge in [-0.15, -0.1) is 11.3 Å². The van der Waals surface area contributed by atoms with Crippen LogP contribution in [0.5, 0.6) is 0 Å². The normalized spacial score (nSPS) is 16.9. The van der Waals surface area contributed by atoms with Crippen molar-refractivity contribution in [2.24, 2.45) is 5.92 Å². The van der Waals surface area contributed by atoms with Crippen molar-refractivity contribution in [1.82, 2.24) is 5.32 Å². The van der Waals surface area contributed by atoms with Crippen LogP contribution < -0.4 is 5.32 Å². The molecule has 1 aliphatic carbocycles. The molecular formula is C16H16F3NS. The van der Waals surface area contributed by atoms with E-state index in [1.54, 1.807) is 17.4 Å². The summed E-state index contributed by atoms with van der Waals surface area (Å²) in [6.07, 6.45) is -1.89. The minimum Gasteiger partial charge on any atom is -0.305 e. The van der Waals surface area contributed by atoms with Crippen LogP contribution in [0.4, 0.5) is 13.2 Å². The van der Waals surface area contributed by atoms with Crippen molar-refractivity contribution in [2.75, 3.05) is 0 Å². The third-order valence-corrected chi connectivity index (χ3v) is 4.68. The first kappa shape index (κ1) is 14.6. The number of alkyl halides is 3. The molecule has 1 aliphatic rings. The first-order valence-electron chi connectivity index (χ1n) is 6.97. The van der Waals surface area contributed by atoms with E-state index in [2.05, 4.69) is 11.4 Å². The van der Waals surface area contributed by atoms with Crippen LogP contribution in [0.25, 0.3) is 0 Å². The maximum atomic E-state index is 12.7. The molecule has 3 rings (SSSR count). The standard InChI is InChI=1S/C16H16F3NS/c17-16(18,19)13-4-1-3-11(9-13)10-20-15(12-6-7-12)14-5-2-8-21-14/h1-5,8-9,12,15,20H,6-7,10H2. The fraction of sp³-hybridized carbons (Fsp3) is 0.375. The molecule has 0 radical (unpaired) electrons. The number of thiophene rings is 1. The van der Waals surface area contributed by atoms with E-state index in [1.807, 2.05) is 11.4 Å². The van der Waals surface area contributed by atoms with Crippen LogP contribution >= 0.6 is 11.3 Å². The van der Waals surface area contributed by atoms with Gasteiger partial charge in [0.2, 0.25) is 0 Å². The fourth-order valence-electron chi connectivity index (χ4n) is 2.48. The van der Waals surface area contributed by atoms with Gasteiger partial charge in [-0.25, -0.2) is 0 Å². The second kappa shape index (κ2) is 5.81. The van der Waals surface area contributed by atoms with Gasteiger partial charge in [0.25, 0.3) is 0 Å². The molecule has 1 fully saturated rings. The summed E-state index contributed by atoms with van der Waals surface area (Å²) in [5.41, 5.74) is 0.0907. The number of nitrogens with one attached hydrogen (secondary N) is 1. The third kappa shape index (κ3) is 3.66. The molecule has 21 heavy (non-hydrogen) atoms. The molecule has 0 amide bonds. The van der Waals surface area contributed by atoms with E-state index in [9.17, 15) is 13.2 Å². The first-order chi connectivity index (χ1) is 10.0. The highest BCUT2D eigenvalue weighted by Gasteiger charge is 2.33. The van der Waals surface area contributed by atoms with Gasteiger partial charge in [-0.3, -0.25) is 0 Å². The highest BCUT2D eigenvalue weighted by molar-refractivity contribution is 7.10. The van der Waals surface area contributed by atoms with Crippen LogP contribution in [-0.4, -0.2) is 0 Å². The van der Waals surface area contributed by atoms with Crippen LogP contribution in [0, 0.1) is 5.92 Å². The van der Waals surface area contributed by atoms with Crippen molar-refractivity contribution in [3.05, 3.63) is 57.8 Å². The van der Waals surface area contributed by atoms with Crippen molar-refractivity contribution < 1.29 is 13.2 Å². The average molecular weight is 311 g/mol. The van der Waals surface area contributed by atoms with Gasteiger partial charge in [-0.05, 0) is 41.8 Å². The maximum absolute atomic E-state index is 12.7. The van der Waals surface area contributed by atoms with Gasteiger partial charge in [0.1, 0.15) is 0 Å². The molecule has 5 heteroatoms. The van der Waals surface area contributed by atoms with Gasteiger partial charge < -0.3 is 5.32 Å². The Morgan fingerprint density at radius 2 is 2.00 bits per heavy atom. The summed E-state index contributed by atoms with van der Waals surface area (Å²) < 4.78 is 38.1. The quantitative estimate of drug-likeness (QED) is 0.818. The molecular weight excluding hydrogens is 295 g/mol. The van der Waals surface area contributed by atoms with Gasteiger partial charge in [-0.2, -0.15) is 13.2 Å². The number of hydrogen-bond acceptors (Lipinski definition) is 2. The Morgan fingerprint density at radius 3 is 2.62 bits per heavy atom. The molecule has 1 aromatic heterocycles. The summed E-state index contributed by atoms with van der Waals surface area (Å²) in [5, 5.41) is 5.46. The van der Waals surface area contributed by atoms with Crippen molar-refractivity contribution in [1.29, 1.82) is 0 Å². The molecule has 0 saturated heterocycles. The molecule has 1 aromatic carbocycles. The molecule has 0 aliphatic heterocycles. The Labute approximate surface area is 125 Å². The van der Waals surface area contributed by atoms with E-state index < -0.39 is 11.7 Å². The molecule has 1 heterocycles. The lowest BCUT2D eigenvalue weighted by molar-refractivity contribution is -0.137. The molecule has 2 aromatic rings. The summed E-state index contributed by atoms with van der Waals surface area (Å²) in [6, 6.07) is 9.91. The van der Waals surface area contributed by atoms with E-state index in [1.165, 1.54) is 29.9 Å². The Balaban J connectivity index is 1.69. The Morgan fingerprint density at radius 1 is 1.19 bits per heavy atom. The highest BCUT2D eigenvalue weighted by Crippen LogP contribution is 2.42. The molecule has 0 bridgehead atoms. The topological polar surface area (TPSA) is 12.0 Å². The second-order valence-corrected chi connectivity index (χ2v) is 6.39. The largest absolute Gasteiger partial charge is 0.416 e. The minimum absolute atomic E-state index is 0.263. The molecule has 0 spiro atoms. The van der Waals surface area contributed by atoms with Crippen molar-refractivity contribution >= 4 is 11.3 Å². The molecule has 1 unspecified atom stereocenters. The zero-order valence-electron chi connectivity index (χ0n) is 11.4. The van der Waals surface area contributed by atoms with Crippen LogP contribution in [0.1, 0.15) is 34.9 Å². The van der Waals surface area contributed by atoms with Gasteiger partial charge in [0, 0.05) is 17.5 Å². The van der Waals surface area contributed by atoms with E-state index in [-0.39, 0.29) is 6.04 Å². The highest BCUT2D eigenvalue weighted by atomic mass is 32.1. The maximum Gasteiger partial charge on any atom is 0.416 e. The first-order valence-corrected chi connectivity index (χ1v) is 7.85. The smallest absolute Gasteiger partial charge is 0.305 e. The molecule has 1 saturated carbocycles. The van der Waals surface area contributed by atoms with Crippen LogP contribution in [0.3, 0.4) is 0 Å². The van der Waals surface area contributed by atoms with Gasteiger partial charge in [-0.1, -0.05) is 24.3 Å². The predicted molar refractivity (Wildman–Crippen MR) is 78.1 cm³/mol. The predicted octanol–water partition coefficient (Wildman–Crippen LogP) is 5.01. The second-order valence-electron chi connectivity index (χ2n) is 5.41. The van der Waals surface area contributed by atoms with Crippen molar-refractivity contribution in [3.8, 4) is 0 Å². The number of hydrogen-bond donors (Lipinski definition) is 1. The fourth-order valence-corrected chi connectivity index (χ4v) is 3.38. The zero-order chi connectivity index (χ0) is 14.9. The molecule has 1 nitrogen and oxygen atoms in total. The molecule has 112 valence electrons. The van der Waals surface area contributed by atoms with Gasteiger partial charge >= 0.3 is 6.18 Å². The molecule has 1 N–H and O–H groups in total. The number of benzene rings is 1. The summed E-state index contributed by atoms with van der Waals surface area (Å²) in [7, 11) is 0. The summed E-state index contributed by atoms with van der Waals surface area (Å²) >= 11 is 1.70. The summed E-state index contributed by atoms with van der Waals surface area (Å²) in [6.45, 7) is 0.461. The zero-order valence-corrected chi connectivity index (χ0v) is 12.2. The summed E-state index contributed by atoms with van der Waals surface area (Å²) in [4.78, 5) is 1.27. The van der Waals surface area contributed by atoms with Gasteiger partial charge in [0.05, 0.1) is 5.56 Å². The lowest BCUT2D eigenvalue weighted by Gasteiger charge is -2.17. The van der Waals surface area contributed by atoms with E-state index in [4.69, 9.17) is 0 Å². The summed E-state index contributed by atoms with van der Waals surface area (Å²) in [5.74, 6) is 0.620. The number of halogens is 3. The molecule has 1 atom stereocenters. The van der Waals surface area contributed by atoms with Crippen LogP contribution in [-0.2, 0) is 12.7 Å². The number of rotatable bonds is 5.